The van der Waals surface area contributed by atoms with Gasteiger partial charge >= 0.3 is 5.97 Å². The number of imide groups is 1. The maximum absolute atomic E-state index is 14.4. The topological polar surface area (TPSA) is 86.7 Å². The number of benzene rings is 3. The number of aryl methyl sites for hydroxylation is 4. The van der Waals surface area contributed by atoms with E-state index in [0.29, 0.717) is 24.1 Å². The summed E-state index contributed by atoms with van der Waals surface area (Å²) in [5.41, 5.74) is 3.92. The van der Waals surface area contributed by atoms with Crippen molar-refractivity contribution in [2.24, 2.45) is 11.8 Å². The van der Waals surface area contributed by atoms with Gasteiger partial charge in [-0.3, -0.25) is 14.9 Å². The van der Waals surface area contributed by atoms with E-state index in [1.807, 2.05) is 70.2 Å². The molecular weight excluding hydrogens is 464 g/mol. The summed E-state index contributed by atoms with van der Waals surface area (Å²) in [5.74, 6) is -3.93. The number of nitrogens with zero attached hydrogens (tertiary/aromatic N) is 1. The molecule has 0 bridgehead atoms. The van der Waals surface area contributed by atoms with Crippen LogP contribution in [0.2, 0.25) is 0 Å². The Balaban J connectivity index is 1.78. The first kappa shape index (κ1) is 24.9. The largest absolute Gasteiger partial charge is 0.480 e. The third kappa shape index (κ3) is 3.62. The maximum atomic E-state index is 14.4. The number of nitrogens with one attached hydrogen (secondary N) is 1. The van der Waals surface area contributed by atoms with Gasteiger partial charge in [0.2, 0.25) is 11.8 Å². The van der Waals surface area contributed by atoms with Crippen LogP contribution in [0.25, 0.3) is 0 Å². The molecule has 2 heterocycles. The van der Waals surface area contributed by atoms with Gasteiger partial charge in [0, 0.05) is 6.04 Å². The van der Waals surface area contributed by atoms with E-state index in [4.69, 9.17) is 0 Å². The van der Waals surface area contributed by atoms with Crippen molar-refractivity contribution in [3.8, 4) is 0 Å². The molecular formula is C31H32N2O4. The fraction of sp³-hybridized carbons (Fsp3) is 0.323. The molecule has 2 N–H and O–H groups in total. The van der Waals surface area contributed by atoms with Gasteiger partial charge in [-0.05, 0) is 54.5 Å². The standard InChI is InChI=1S/C31H32N2O4/c1-5-20-11-10-12-21(6-2)27(20)33-28(34)24-25(29(33)35)31(30(36)37,22-13-8-7-9-14-22)32-26(24)23-17-18(3)15-16-19(23)4/h7-17,24-26,32H,5-6H2,1-4H3,(H,36,37). The number of amides is 2. The summed E-state index contributed by atoms with van der Waals surface area (Å²) >= 11 is 0. The molecule has 2 aliphatic heterocycles. The molecule has 3 aromatic carbocycles. The van der Waals surface area contributed by atoms with Gasteiger partial charge < -0.3 is 5.11 Å². The minimum atomic E-state index is -1.75. The number of fused-ring (bicyclic) bond motifs is 1. The minimum absolute atomic E-state index is 0.344. The average molecular weight is 497 g/mol. The van der Waals surface area contributed by atoms with Crippen molar-refractivity contribution < 1.29 is 19.5 Å². The van der Waals surface area contributed by atoms with Crippen LogP contribution < -0.4 is 10.2 Å². The van der Waals surface area contributed by atoms with E-state index in [-0.39, 0.29) is 5.91 Å². The Morgan fingerprint density at radius 2 is 1.57 bits per heavy atom. The molecule has 0 radical (unpaired) electrons. The lowest BCUT2D eigenvalue weighted by Crippen LogP contribution is -2.53. The fourth-order valence-corrected chi connectivity index (χ4v) is 6.28. The summed E-state index contributed by atoms with van der Waals surface area (Å²) in [4.78, 5) is 43.2. The Hall–Kier alpha value is -3.77. The Morgan fingerprint density at radius 3 is 2.16 bits per heavy atom. The van der Waals surface area contributed by atoms with E-state index < -0.39 is 35.3 Å². The van der Waals surface area contributed by atoms with Crippen LogP contribution in [-0.2, 0) is 32.8 Å². The minimum Gasteiger partial charge on any atom is -0.480 e. The highest BCUT2D eigenvalue weighted by atomic mass is 16.4. The van der Waals surface area contributed by atoms with Crippen LogP contribution in [0.5, 0.6) is 0 Å². The molecule has 0 spiro atoms. The molecule has 2 saturated heterocycles. The highest BCUT2D eigenvalue weighted by Crippen LogP contribution is 2.54. The van der Waals surface area contributed by atoms with E-state index in [9.17, 15) is 19.5 Å². The van der Waals surface area contributed by atoms with E-state index in [2.05, 4.69) is 5.32 Å². The number of carboxylic acid groups (broad SMARTS) is 1. The summed E-state index contributed by atoms with van der Waals surface area (Å²) < 4.78 is 0. The molecule has 37 heavy (non-hydrogen) atoms. The number of anilines is 1. The van der Waals surface area contributed by atoms with Crippen molar-refractivity contribution in [3.05, 3.63) is 100 Å². The monoisotopic (exact) mass is 496 g/mol. The molecule has 190 valence electrons. The molecule has 2 amide bonds. The molecule has 2 fully saturated rings. The van der Waals surface area contributed by atoms with Gasteiger partial charge in [-0.25, -0.2) is 9.69 Å². The molecule has 6 heteroatoms. The van der Waals surface area contributed by atoms with Gasteiger partial charge in [0.25, 0.3) is 0 Å². The summed E-state index contributed by atoms with van der Waals surface area (Å²) in [6.45, 7) is 7.91. The Kier molecular flexibility index (Phi) is 6.24. The van der Waals surface area contributed by atoms with Crippen molar-refractivity contribution in [3.63, 3.8) is 0 Å². The molecule has 4 atom stereocenters. The Morgan fingerprint density at radius 1 is 0.919 bits per heavy atom. The second kappa shape index (κ2) is 9.27. The number of carbonyl (C=O) groups excluding carboxylic acids is 2. The SMILES string of the molecule is CCc1cccc(CC)c1N1C(=O)C2C(c3cc(C)ccc3C)NC(C(=O)O)(c3ccccc3)C2C1=O. The number of aliphatic carboxylic acids is 1. The second-order valence-electron chi connectivity index (χ2n) is 10.1. The zero-order valence-electron chi connectivity index (χ0n) is 21.6. The number of rotatable bonds is 6. The quantitative estimate of drug-likeness (QED) is 0.476. The number of hydrogen-bond acceptors (Lipinski definition) is 4. The van der Waals surface area contributed by atoms with Gasteiger partial charge in [0.05, 0.1) is 17.5 Å². The van der Waals surface area contributed by atoms with Crippen LogP contribution in [0.4, 0.5) is 5.69 Å². The molecule has 6 nitrogen and oxygen atoms in total. The predicted molar refractivity (Wildman–Crippen MR) is 142 cm³/mol. The third-order valence-electron chi connectivity index (χ3n) is 8.08. The molecule has 3 aromatic rings. The van der Waals surface area contributed by atoms with Gasteiger partial charge in [0.15, 0.2) is 5.54 Å². The lowest BCUT2D eigenvalue weighted by Gasteiger charge is -2.32. The van der Waals surface area contributed by atoms with Crippen molar-refractivity contribution in [2.75, 3.05) is 4.90 Å². The lowest BCUT2D eigenvalue weighted by molar-refractivity contribution is -0.149. The summed E-state index contributed by atoms with van der Waals surface area (Å²) in [6, 6.07) is 19.9. The number of carboxylic acids is 1. The van der Waals surface area contributed by atoms with Crippen LogP contribution in [0.1, 0.15) is 53.3 Å². The normalized spacial score (nSPS) is 25.0. The van der Waals surface area contributed by atoms with Gasteiger partial charge in [0.1, 0.15) is 0 Å². The summed E-state index contributed by atoms with van der Waals surface area (Å²) in [6.07, 6.45) is 1.30. The van der Waals surface area contributed by atoms with Crippen LogP contribution in [0.15, 0.2) is 66.7 Å². The van der Waals surface area contributed by atoms with E-state index >= 15 is 0 Å². The smallest absolute Gasteiger partial charge is 0.329 e. The first-order valence-corrected chi connectivity index (χ1v) is 12.9. The maximum Gasteiger partial charge on any atom is 0.329 e. The van der Waals surface area contributed by atoms with E-state index in [1.165, 1.54) is 4.90 Å². The highest BCUT2D eigenvalue weighted by molar-refractivity contribution is 6.25. The molecule has 0 aromatic heterocycles. The van der Waals surface area contributed by atoms with Crippen LogP contribution in [-0.4, -0.2) is 22.9 Å². The number of hydrogen-bond donors (Lipinski definition) is 2. The van der Waals surface area contributed by atoms with Crippen molar-refractivity contribution >= 4 is 23.5 Å². The average Bonchev–Trinajstić information content (AvgIpc) is 3.39. The molecule has 2 aliphatic rings. The van der Waals surface area contributed by atoms with Crippen molar-refractivity contribution in [1.82, 2.24) is 5.32 Å². The first-order valence-electron chi connectivity index (χ1n) is 12.9. The highest BCUT2D eigenvalue weighted by Gasteiger charge is 2.69. The molecule has 0 saturated carbocycles. The number of carbonyl (C=O) groups is 3. The van der Waals surface area contributed by atoms with Crippen LogP contribution in [0.3, 0.4) is 0 Å². The van der Waals surface area contributed by atoms with Crippen molar-refractivity contribution in [2.45, 2.75) is 52.1 Å². The van der Waals surface area contributed by atoms with Crippen molar-refractivity contribution in [1.29, 1.82) is 0 Å². The predicted octanol–water partition coefficient (Wildman–Crippen LogP) is 4.86. The second-order valence-corrected chi connectivity index (χ2v) is 10.1. The van der Waals surface area contributed by atoms with Gasteiger partial charge in [-0.2, -0.15) is 0 Å². The molecule has 5 rings (SSSR count). The molecule has 0 aliphatic carbocycles. The summed E-state index contributed by atoms with van der Waals surface area (Å²) in [7, 11) is 0. The van der Waals surface area contributed by atoms with Gasteiger partial charge in [-0.15, -0.1) is 0 Å². The zero-order valence-corrected chi connectivity index (χ0v) is 21.6. The number of para-hydroxylation sites is 1. The van der Waals surface area contributed by atoms with Crippen LogP contribution >= 0.6 is 0 Å². The van der Waals surface area contributed by atoms with E-state index in [1.54, 1.807) is 24.3 Å². The Labute approximate surface area is 217 Å². The lowest BCUT2D eigenvalue weighted by atomic mass is 9.75. The van der Waals surface area contributed by atoms with Crippen LogP contribution in [0, 0.1) is 25.7 Å². The summed E-state index contributed by atoms with van der Waals surface area (Å²) in [5, 5.41) is 14.1. The van der Waals surface area contributed by atoms with E-state index in [0.717, 1.165) is 27.8 Å². The third-order valence-corrected chi connectivity index (χ3v) is 8.08. The first-order chi connectivity index (χ1) is 17.8. The zero-order chi connectivity index (χ0) is 26.5. The van der Waals surface area contributed by atoms with Gasteiger partial charge in [-0.1, -0.05) is 86.1 Å². The Bertz CT molecular complexity index is 1380. The molecule has 4 unspecified atom stereocenters. The fourth-order valence-electron chi connectivity index (χ4n) is 6.28.